The van der Waals surface area contributed by atoms with Crippen LogP contribution in [0.15, 0.2) is 16.6 Å². The third kappa shape index (κ3) is 2.43. The van der Waals surface area contributed by atoms with Gasteiger partial charge in [0.25, 0.3) is 0 Å². The number of halogens is 2. The Morgan fingerprint density at radius 2 is 2.21 bits per heavy atom. The second-order valence-corrected chi connectivity index (χ2v) is 5.17. The van der Waals surface area contributed by atoms with Crippen molar-refractivity contribution in [2.75, 3.05) is 11.9 Å². The van der Waals surface area contributed by atoms with Gasteiger partial charge in [0.15, 0.2) is 0 Å². The number of aryl methyl sites for hydroxylation is 1. The molecular weight excluding hydrogens is 261 g/mol. The van der Waals surface area contributed by atoms with Crippen LogP contribution >= 0.6 is 27.5 Å². The van der Waals surface area contributed by atoms with Crippen LogP contribution in [0.1, 0.15) is 18.4 Å². The molecule has 0 unspecified atom stereocenters. The van der Waals surface area contributed by atoms with Gasteiger partial charge in [0.2, 0.25) is 0 Å². The van der Waals surface area contributed by atoms with Crippen molar-refractivity contribution in [1.82, 2.24) is 0 Å². The highest BCUT2D eigenvalue weighted by Crippen LogP contribution is 2.32. The maximum absolute atomic E-state index is 6.06. The number of hydrogen-bond donors (Lipinski definition) is 1. The summed E-state index contributed by atoms with van der Waals surface area (Å²) in [4.78, 5) is 0. The molecule has 0 bridgehead atoms. The van der Waals surface area contributed by atoms with Crippen molar-refractivity contribution in [1.29, 1.82) is 0 Å². The zero-order chi connectivity index (χ0) is 10.1. The molecule has 1 aromatic carbocycles. The molecule has 1 aliphatic rings. The zero-order valence-corrected chi connectivity index (χ0v) is 10.5. The second-order valence-electron chi connectivity index (χ2n) is 3.91. The first kappa shape index (κ1) is 10.3. The average Bonchev–Trinajstić information content (AvgIpc) is 2.92. The van der Waals surface area contributed by atoms with E-state index in [4.69, 9.17) is 11.6 Å². The molecule has 1 aromatic rings. The van der Waals surface area contributed by atoms with E-state index in [0.29, 0.717) is 0 Å². The molecule has 2 rings (SSSR count). The SMILES string of the molecule is Cc1cc(Br)c(NCC2CC2)cc1Cl. The molecule has 3 heteroatoms. The minimum absolute atomic E-state index is 0.825. The van der Waals surface area contributed by atoms with Crippen molar-refractivity contribution in [2.45, 2.75) is 19.8 Å². The molecule has 1 aliphatic carbocycles. The van der Waals surface area contributed by atoms with Crippen LogP contribution in [0.25, 0.3) is 0 Å². The molecule has 1 N–H and O–H groups in total. The largest absolute Gasteiger partial charge is 0.384 e. The highest BCUT2D eigenvalue weighted by Gasteiger charge is 2.20. The number of benzene rings is 1. The van der Waals surface area contributed by atoms with Gasteiger partial charge in [-0.3, -0.25) is 0 Å². The Kier molecular flexibility index (Phi) is 3.03. The van der Waals surface area contributed by atoms with Crippen LogP contribution < -0.4 is 5.32 Å². The van der Waals surface area contributed by atoms with Crippen molar-refractivity contribution < 1.29 is 0 Å². The molecule has 0 spiro atoms. The topological polar surface area (TPSA) is 12.0 Å². The number of hydrogen-bond acceptors (Lipinski definition) is 1. The summed E-state index contributed by atoms with van der Waals surface area (Å²) < 4.78 is 1.10. The molecule has 0 aliphatic heterocycles. The van der Waals surface area contributed by atoms with Gasteiger partial charge in [0.1, 0.15) is 0 Å². The van der Waals surface area contributed by atoms with Gasteiger partial charge in [0.05, 0.1) is 0 Å². The highest BCUT2D eigenvalue weighted by molar-refractivity contribution is 9.10. The van der Waals surface area contributed by atoms with Crippen LogP contribution in [0, 0.1) is 12.8 Å². The smallest absolute Gasteiger partial charge is 0.0499 e. The lowest BCUT2D eigenvalue weighted by Crippen LogP contribution is -2.03. The number of rotatable bonds is 3. The van der Waals surface area contributed by atoms with Gasteiger partial charge in [-0.25, -0.2) is 0 Å². The van der Waals surface area contributed by atoms with Crippen LogP contribution in [0.3, 0.4) is 0 Å². The van der Waals surface area contributed by atoms with E-state index >= 15 is 0 Å². The lowest BCUT2D eigenvalue weighted by Gasteiger charge is -2.09. The van der Waals surface area contributed by atoms with Crippen LogP contribution in [0.5, 0.6) is 0 Å². The predicted molar refractivity (Wildman–Crippen MR) is 65.1 cm³/mol. The molecular formula is C11H13BrClN. The first-order valence-electron chi connectivity index (χ1n) is 4.86. The molecule has 0 heterocycles. The number of anilines is 1. The Hall–Kier alpha value is -0.210. The quantitative estimate of drug-likeness (QED) is 0.869. The minimum Gasteiger partial charge on any atom is -0.384 e. The Morgan fingerprint density at radius 1 is 1.50 bits per heavy atom. The summed E-state index contributed by atoms with van der Waals surface area (Å²) in [6.07, 6.45) is 2.73. The van der Waals surface area contributed by atoms with Gasteiger partial charge >= 0.3 is 0 Å². The molecule has 0 amide bonds. The normalized spacial score (nSPS) is 15.6. The van der Waals surface area contributed by atoms with Crippen molar-refractivity contribution in [3.05, 3.63) is 27.2 Å². The monoisotopic (exact) mass is 273 g/mol. The maximum Gasteiger partial charge on any atom is 0.0499 e. The van der Waals surface area contributed by atoms with Crippen molar-refractivity contribution in [3.63, 3.8) is 0 Å². The fourth-order valence-corrected chi connectivity index (χ4v) is 2.12. The van der Waals surface area contributed by atoms with Crippen LogP contribution in [-0.4, -0.2) is 6.54 Å². The third-order valence-corrected chi connectivity index (χ3v) is 3.59. The molecule has 76 valence electrons. The maximum atomic E-state index is 6.06. The fourth-order valence-electron chi connectivity index (χ4n) is 1.36. The Balaban J connectivity index is 2.10. The Bertz CT molecular complexity index is 347. The molecule has 0 aromatic heterocycles. The van der Waals surface area contributed by atoms with E-state index in [1.54, 1.807) is 0 Å². The lowest BCUT2D eigenvalue weighted by molar-refractivity contribution is 0.888. The van der Waals surface area contributed by atoms with Gasteiger partial charge in [0, 0.05) is 21.7 Å². The Labute approximate surface area is 98.0 Å². The summed E-state index contributed by atoms with van der Waals surface area (Å²) in [7, 11) is 0. The van der Waals surface area contributed by atoms with Crippen LogP contribution in [0.2, 0.25) is 5.02 Å². The van der Waals surface area contributed by atoms with Crippen molar-refractivity contribution in [2.24, 2.45) is 5.92 Å². The van der Waals surface area contributed by atoms with Gasteiger partial charge in [-0.1, -0.05) is 11.6 Å². The molecule has 1 saturated carbocycles. The molecule has 0 radical (unpaired) electrons. The molecule has 14 heavy (non-hydrogen) atoms. The molecule has 0 saturated heterocycles. The summed E-state index contributed by atoms with van der Waals surface area (Å²) in [6, 6.07) is 4.04. The van der Waals surface area contributed by atoms with Gasteiger partial charge in [-0.05, 0) is 59.3 Å². The average molecular weight is 275 g/mol. The van der Waals surface area contributed by atoms with Gasteiger partial charge < -0.3 is 5.32 Å². The fraction of sp³-hybridized carbons (Fsp3) is 0.455. The van der Waals surface area contributed by atoms with E-state index in [0.717, 1.165) is 33.2 Å². The summed E-state index contributed by atoms with van der Waals surface area (Å²) in [5, 5.41) is 4.24. The van der Waals surface area contributed by atoms with Crippen molar-refractivity contribution in [3.8, 4) is 0 Å². The molecule has 1 nitrogen and oxygen atoms in total. The summed E-state index contributed by atoms with van der Waals surface area (Å²) in [6.45, 7) is 3.08. The standard InChI is InChI=1S/C11H13BrClN/c1-7-4-9(12)11(5-10(7)13)14-6-8-2-3-8/h4-5,8,14H,2-3,6H2,1H3. The first-order valence-corrected chi connectivity index (χ1v) is 6.03. The van der Waals surface area contributed by atoms with E-state index in [9.17, 15) is 0 Å². The predicted octanol–water partition coefficient (Wildman–Crippen LogP) is 4.23. The second kappa shape index (κ2) is 4.11. The van der Waals surface area contributed by atoms with E-state index in [2.05, 4.69) is 27.3 Å². The van der Waals surface area contributed by atoms with E-state index in [1.165, 1.54) is 12.8 Å². The summed E-state index contributed by atoms with van der Waals surface area (Å²) in [5.41, 5.74) is 2.21. The third-order valence-electron chi connectivity index (χ3n) is 2.53. The van der Waals surface area contributed by atoms with Crippen molar-refractivity contribution >= 4 is 33.2 Å². The molecule has 1 fully saturated rings. The van der Waals surface area contributed by atoms with E-state index in [1.807, 2.05) is 13.0 Å². The number of nitrogens with one attached hydrogen (secondary N) is 1. The Morgan fingerprint density at radius 3 is 2.86 bits per heavy atom. The van der Waals surface area contributed by atoms with Gasteiger partial charge in [-0.2, -0.15) is 0 Å². The van der Waals surface area contributed by atoms with E-state index in [-0.39, 0.29) is 0 Å². The first-order chi connectivity index (χ1) is 6.66. The van der Waals surface area contributed by atoms with E-state index < -0.39 is 0 Å². The minimum atomic E-state index is 0.825. The van der Waals surface area contributed by atoms with Gasteiger partial charge in [-0.15, -0.1) is 0 Å². The summed E-state index contributed by atoms with van der Waals surface area (Å²) in [5.74, 6) is 0.877. The zero-order valence-electron chi connectivity index (χ0n) is 8.11. The van der Waals surface area contributed by atoms with Crippen LogP contribution in [-0.2, 0) is 0 Å². The van der Waals surface area contributed by atoms with Crippen LogP contribution in [0.4, 0.5) is 5.69 Å². The highest BCUT2D eigenvalue weighted by atomic mass is 79.9. The lowest BCUT2D eigenvalue weighted by atomic mass is 10.2. The molecule has 0 atom stereocenters. The summed E-state index contributed by atoms with van der Waals surface area (Å²) >= 11 is 9.59.